The van der Waals surface area contributed by atoms with E-state index in [-0.39, 0.29) is 46.4 Å². The number of aliphatic hydroxyl groups excluding tert-OH is 1. The van der Waals surface area contributed by atoms with E-state index in [0.717, 1.165) is 16.7 Å². The van der Waals surface area contributed by atoms with Gasteiger partial charge in [-0.25, -0.2) is 8.42 Å². The van der Waals surface area contributed by atoms with Crippen molar-refractivity contribution in [1.29, 1.82) is 0 Å². The maximum absolute atomic E-state index is 13.8. The molecular formula is C35H39N3O5S. The van der Waals surface area contributed by atoms with Gasteiger partial charge < -0.3 is 14.7 Å². The molecule has 1 aliphatic rings. The number of benzene rings is 4. The van der Waals surface area contributed by atoms with Crippen molar-refractivity contribution in [2.45, 2.75) is 37.4 Å². The van der Waals surface area contributed by atoms with Gasteiger partial charge in [0.25, 0.3) is 15.9 Å². The molecule has 5 rings (SSSR count). The molecule has 44 heavy (non-hydrogen) atoms. The van der Waals surface area contributed by atoms with Gasteiger partial charge in [0.2, 0.25) is 0 Å². The van der Waals surface area contributed by atoms with Crippen LogP contribution in [0.4, 0.5) is 5.69 Å². The normalized spacial score (nSPS) is 17.8. The smallest absolute Gasteiger partial charge is 0.262 e. The van der Waals surface area contributed by atoms with E-state index in [1.807, 2.05) is 32.2 Å². The van der Waals surface area contributed by atoms with Gasteiger partial charge >= 0.3 is 0 Å². The molecule has 4 aromatic carbocycles. The van der Waals surface area contributed by atoms with Crippen LogP contribution in [0.1, 0.15) is 29.8 Å². The van der Waals surface area contributed by atoms with Crippen molar-refractivity contribution < 1.29 is 23.1 Å². The summed E-state index contributed by atoms with van der Waals surface area (Å²) in [6.45, 7) is 5.19. The highest BCUT2D eigenvalue weighted by molar-refractivity contribution is 7.92. The molecule has 230 valence electrons. The Morgan fingerprint density at radius 3 is 2.23 bits per heavy atom. The van der Waals surface area contributed by atoms with Gasteiger partial charge in [-0.05, 0) is 54.9 Å². The lowest BCUT2D eigenvalue weighted by molar-refractivity contribution is 0.0344. The lowest BCUT2D eigenvalue weighted by Gasteiger charge is -2.38. The summed E-state index contributed by atoms with van der Waals surface area (Å²) in [6.07, 6.45) is -0.383. The first-order valence-electron chi connectivity index (χ1n) is 14.8. The summed E-state index contributed by atoms with van der Waals surface area (Å²) >= 11 is 0. The third-order valence-electron chi connectivity index (χ3n) is 7.99. The zero-order chi connectivity index (χ0) is 31.3. The molecule has 2 N–H and O–H groups in total. The van der Waals surface area contributed by atoms with Crippen molar-refractivity contribution in [3.8, 4) is 16.9 Å². The van der Waals surface area contributed by atoms with Crippen molar-refractivity contribution in [2.75, 3.05) is 31.5 Å². The molecule has 4 aromatic rings. The number of hydrogen-bond acceptors (Lipinski definition) is 6. The first kappa shape index (κ1) is 31.3. The van der Waals surface area contributed by atoms with Crippen LogP contribution in [0, 0.1) is 5.92 Å². The number of carbonyl (C=O) groups is 1. The highest BCUT2D eigenvalue weighted by atomic mass is 32.2. The zero-order valence-corrected chi connectivity index (χ0v) is 26.1. The van der Waals surface area contributed by atoms with Crippen molar-refractivity contribution in [3.05, 3.63) is 114 Å². The summed E-state index contributed by atoms with van der Waals surface area (Å²) in [5.41, 5.74) is 3.90. The molecule has 0 bridgehead atoms. The Morgan fingerprint density at radius 2 is 1.57 bits per heavy atom. The molecule has 0 unspecified atom stereocenters. The second-order valence-electron chi connectivity index (χ2n) is 11.5. The summed E-state index contributed by atoms with van der Waals surface area (Å²) in [4.78, 5) is 17.7. The van der Waals surface area contributed by atoms with Gasteiger partial charge in [0.15, 0.2) is 5.75 Å². The van der Waals surface area contributed by atoms with E-state index < -0.39 is 16.1 Å². The molecule has 1 amide bonds. The van der Waals surface area contributed by atoms with Crippen molar-refractivity contribution in [3.63, 3.8) is 0 Å². The minimum atomic E-state index is -3.94. The first-order valence-corrected chi connectivity index (χ1v) is 16.3. The second kappa shape index (κ2) is 13.6. The maximum Gasteiger partial charge on any atom is 0.262 e. The second-order valence-corrected chi connectivity index (χ2v) is 13.2. The first-order chi connectivity index (χ1) is 21.2. The molecule has 0 spiro atoms. The molecular weight excluding hydrogens is 574 g/mol. The van der Waals surface area contributed by atoms with Gasteiger partial charge in [0, 0.05) is 25.6 Å². The lowest BCUT2D eigenvalue weighted by Crippen LogP contribution is -2.49. The third-order valence-corrected chi connectivity index (χ3v) is 9.38. The Labute approximate surface area is 260 Å². The average Bonchev–Trinajstić information content (AvgIpc) is 3.03. The highest BCUT2D eigenvalue weighted by Gasteiger charge is 2.35. The Bertz CT molecular complexity index is 1660. The van der Waals surface area contributed by atoms with E-state index in [9.17, 15) is 18.3 Å². The molecule has 0 fully saturated rings. The largest absolute Gasteiger partial charge is 0.486 e. The summed E-state index contributed by atoms with van der Waals surface area (Å²) in [6, 6.07) is 31.2. The van der Waals surface area contributed by atoms with Crippen LogP contribution in [0.25, 0.3) is 11.1 Å². The van der Waals surface area contributed by atoms with E-state index in [1.54, 1.807) is 48.2 Å². The van der Waals surface area contributed by atoms with Crippen LogP contribution in [0.5, 0.6) is 5.75 Å². The minimum absolute atomic E-state index is 0.105. The predicted octanol–water partition coefficient (Wildman–Crippen LogP) is 5.51. The fraction of sp³-hybridized carbons (Fsp3) is 0.286. The number of fused-ring (bicyclic) bond motifs is 1. The third kappa shape index (κ3) is 7.13. The number of sulfonamides is 1. The molecule has 8 nitrogen and oxygen atoms in total. The van der Waals surface area contributed by atoms with Gasteiger partial charge in [-0.2, -0.15) is 0 Å². The van der Waals surface area contributed by atoms with Crippen LogP contribution in [-0.2, 0) is 16.6 Å². The molecule has 0 radical (unpaired) electrons. The van der Waals surface area contributed by atoms with Crippen LogP contribution in [0.3, 0.4) is 0 Å². The van der Waals surface area contributed by atoms with Gasteiger partial charge in [0.05, 0.1) is 28.8 Å². The summed E-state index contributed by atoms with van der Waals surface area (Å²) < 4.78 is 35.8. The molecule has 0 aliphatic carbocycles. The van der Waals surface area contributed by atoms with Crippen molar-refractivity contribution in [2.24, 2.45) is 5.92 Å². The quantitative estimate of drug-likeness (QED) is 0.245. The van der Waals surface area contributed by atoms with E-state index in [1.165, 1.54) is 12.1 Å². The fourth-order valence-corrected chi connectivity index (χ4v) is 6.55. The van der Waals surface area contributed by atoms with E-state index in [2.05, 4.69) is 46.0 Å². The van der Waals surface area contributed by atoms with Crippen molar-refractivity contribution >= 4 is 21.6 Å². The van der Waals surface area contributed by atoms with Crippen LogP contribution >= 0.6 is 0 Å². The van der Waals surface area contributed by atoms with Gasteiger partial charge in [0.1, 0.15) is 6.10 Å². The number of nitrogens with zero attached hydrogens (tertiary/aromatic N) is 2. The standard InChI is InChI=1S/C35H39N3O5S/c1-25-21-38(26(2)24-39)35(40)31-15-10-16-32(36-44(41,42)30-13-8-5-9-14-30)34(31)43-33(25)23-37(3)22-27-17-19-29(20-18-27)28-11-6-4-7-12-28/h4-20,25-26,33,36,39H,21-24H2,1-3H3/t25-,26-,33+/m1/s1. The fourth-order valence-electron chi connectivity index (χ4n) is 5.46. The van der Waals surface area contributed by atoms with Crippen LogP contribution in [-0.4, -0.2) is 68.1 Å². The van der Waals surface area contributed by atoms with Gasteiger partial charge in [-0.15, -0.1) is 0 Å². The summed E-state index contributed by atoms with van der Waals surface area (Å²) in [5, 5.41) is 9.98. The van der Waals surface area contributed by atoms with Crippen LogP contribution in [0.2, 0.25) is 0 Å². The molecule has 1 heterocycles. The van der Waals surface area contributed by atoms with E-state index >= 15 is 0 Å². The summed E-state index contributed by atoms with van der Waals surface area (Å²) in [7, 11) is -1.93. The Balaban J connectivity index is 1.42. The monoisotopic (exact) mass is 613 g/mol. The number of para-hydroxylation sites is 1. The number of nitrogens with one attached hydrogen (secondary N) is 1. The van der Waals surface area contributed by atoms with Crippen LogP contribution in [0.15, 0.2) is 108 Å². The maximum atomic E-state index is 13.8. The summed E-state index contributed by atoms with van der Waals surface area (Å²) in [5.74, 6) is -0.258. The van der Waals surface area contributed by atoms with Crippen molar-refractivity contribution in [1.82, 2.24) is 9.80 Å². The average molecular weight is 614 g/mol. The predicted molar refractivity (Wildman–Crippen MR) is 173 cm³/mol. The van der Waals surface area contributed by atoms with E-state index in [0.29, 0.717) is 19.6 Å². The number of anilines is 1. The number of ether oxygens (including phenoxy) is 1. The zero-order valence-electron chi connectivity index (χ0n) is 25.3. The Hall–Kier alpha value is -4.18. The molecule has 3 atom stereocenters. The van der Waals surface area contributed by atoms with E-state index in [4.69, 9.17) is 4.74 Å². The minimum Gasteiger partial charge on any atom is -0.486 e. The van der Waals surface area contributed by atoms with Gasteiger partial charge in [-0.1, -0.05) is 85.8 Å². The van der Waals surface area contributed by atoms with Gasteiger partial charge in [-0.3, -0.25) is 14.4 Å². The number of carbonyl (C=O) groups excluding carboxylic acids is 1. The topological polar surface area (TPSA) is 99.2 Å². The number of rotatable bonds is 10. The SMILES string of the molecule is C[C@@H]1CN([C@H](C)CO)C(=O)c2cccc(NS(=O)(=O)c3ccccc3)c2O[C@H]1CN(C)Cc1ccc(-c2ccccc2)cc1. The number of aliphatic hydroxyl groups is 1. The molecule has 0 saturated heterocycles. The Kier molecular flexibility index (Phi) is 9.68. The number of hydrogen-bond donors (Lipinski definition) is 2. The Morgan fingerprint density at radius 1 is 0.932 bits per heavy atom. The molecule has 0 saturated carbocycles. The van der Waals surface area contributed by atoms with Crippen LogP contribution < -0.4 is 9.46 Å². The number of likely N-dealkylation sites (N-methyl/N-ethyl adjacent to an activating group) is 1. The molecule has 0 aromatic heterocycles. The number of amides is 1. The molecule has 9 heteroatoms. The lowest BCUT2D eigenvalue weighted by atomic mass is 9.98. The highest BCUT2D eigenvalue weighted by Crippen LogP contribution is 2.36. The molecule has 1 aliphatic heterocycles.